The molecule has 0 saturated carbocycles. The van der Waals surface area contributed by atoms with E-state index in [1.54, 1.807) is 31.4 Å². The molecule has 0 bridgehead atoms. The first-order valence-corrected chi connectivity index (χ1v) is 7.14. The SMILES string of the molecule is COc1cccc(C=C2Oc3cc(OCC(=O)O)ccc3C2=O)c1. The van der Waals surface area contributed by atoms with Gasteiger partial charge in [-0.3, -0.25) is 4.79 Å². The molecular weight excluding hydrogens is 312 g/mol. The molecule has 24 heavy (non-hydrogen) atoms. The van der Waals surface area contributed by atoms with Gasteiger partial charge in [0.15, 0.2) is 12.4 Å². The molecular formula is C18H14O6. The lowest BCUT2D eigenvalue weighted by Crippen LogP contribution is -2.09. The van der Waals surface area contributed by atoms with Crippen molar-refractivity contribution in [2.24, 2.45) is 0 Å². The Balaban J connectivity index is 1.84. The average molecular weight is 326 g/mol. The molecule has 0 fully saturated rings. The topological polar surface area (TPSA) is 82.1 Å². The van der Waals surface area contributed by atoms with Crippen LogP contribution in [-0.2, 0) is 4.79 Å². The van der Waals surface area contributed by atoms with Crippen molar-refractivity contribution >= 4 is 17.8 Å². The molecule has 0 atom stereocenters. The second kappa shape index (κ2) is 6.45. The Hall–Kier alpha value is -3.28. The molecule has 122 valence electrons. The lowest BCUT2D eigenvalue weighted by atomic mass is 10.1. The van der Waals surface area contributed by atoms with Crippen LogP contribution >= 0.6 is 0 Å². The molecule has 1 aliphatic rings. The number of ketones is 1. The molecule has 2 aromatic rings. The summed E-state index contributed by atoms with van der Waals surface area (Å²) in [6.45, 7) is -0.459. The van der Waals surface area contributed by atoms with E-state index in [1.807, 2.05) is 12.1 Å². The van der Waals surface area contributed by atoms with Gasteiger partial charge in [-0.15, -0.1) is 0 Å². The maximum Gasteiger partial charge on any atom is 0.341 e. The van der Waals surface area contributed by atoms with Gasteiger partial charge in [-0.25, -0.2) is 4.79 Å². The lowest BCUT2D eigenvalue weighted by Gasteiger charge is -2.04. The van der Waals surface area contributed by atoms with Gasteiger partial charge in [0.25, 0.3) is 0 Å². The Morgan fingerprint density at radius 2 is 2.04 bits per heavy atom. The van der Waals surface area contributed by atoms with E-state index in [4.69, 9.17) is 19.3 Å². The second-order valence-corrected chi connectivity index (χ2v) is 5.06. The van der Waals surface area contributed by atoms with Crippen LogP contribution in [0.3, 0.4) is 0 Å². The Morgan fingerprint density at radius 3 is 2.79 bits per heavy atom. The molecule has 0 aromatic heterocycles. The first-order valence-electron chi connectivity index (χ1n) is 7.14. The number of carbonyl (C=O) groups is 2. The molecule has 3 rings (SSSR count). The first-order chi connectivity index (χ1) is 11.6. The van der Waals surface area contributed by atoms with E-state index in [0.717, 1.165) is 5.56 Å². The van der Waals surface area contributed by atoms with Crippen molar-refractivity contribution < 1.29 is 28.9 Å². The maximum atomic E-state index is 12.4. The van der Waals surface area contributed by atoms with Crippen molar-refractivity contribution in [2.45, 2.75) is 0 Å². The van der Waals surface area contributed by atoms with Gasteiger partial charge in [-0.1, -0.05) is 12.1 Å². The summed E-state index contributed by atoms with van der Waals surface area (Å²) in [6.07, 6.45) is 1.63. The molecule has 2 aromatic carbocycles. The quantitative estimate of drug-likeness (QED) is 0.851. The number of hydrogen-bond acceptors (Lipinski definition) is 5. The van der Waals surface area contributed by atoms with Crippen LogP contribution in [0.2, 0.25) is 0 Å². The summed E-state index contributed by atoms with van der Waals surface area (Å²) >= 11 is 0. The third-order valence-corrected chi connectivity index (χ3v) is 3.40. The van der Waals surface area contributed by atoms with Crippen LogP contribution in [0.1, 0.15) is 15.9 Å². The monoisotopic (exact) mass is 326 g/mol. The van der Waals surface area contributed by atoms with Crippen molar-refractivity contribution in [3.05, 3.63) is 59.4 Å². The third-order valence-electron chi connectivity index (χ3n) is 3.40. The Labute approximate surface area is 137 Å². The smallest absolute Gasteiger partial charge is 0.341 e. The summed E-state index contributed by atoms with van der Waals surface area (Å²) in [4.78, 5) is 22.9. The van der Waals surface area contributed by atoms with Gasteiger partial charge < -0.3 is 19.3 Å². The molecule has 6 heteroatoms. The third kappa shape index (κ3) is 3.22. The van der Waals surface area contributed by atoms with Gasteiger partial charge in [0.1, 0.15) is 17.2 Å². The number of carboxylic acid groups (broad SMARTS) is 1. The number of Topliss-reactive ketones (excluding diaryl/α,β-unsaturated/α-hetero) is 1. The van der Waals surface area contributed by atoms with Crippen LogP contribution in [-0.4, -0.2) is 30.6 Å². The molecule has 0 spiro atoms. The number of ether oxygens (including phenoxy) is 3. The normalized spacial score (nSPS) is 14.2. The summed E-state index contributed by atoms with van der Waals surface area (Å²) < 4.78 is 15.8. The zero-order valence-corrected chi connectivity index (χ0v) is 12.8. The van der Waals surface area contributed by atoms with Gasteiger partial charge in [-0.05, 0) is 35.9 Å². The molecule has 0 unspecified atom stereocenters. The van der Waals surface area contributed by atoms with E-state index in [9.17, 15) is 9.59 Å². The molecule has 6 nitrogen and oxygen atoms in total. The molecule has 1 N–H and O–H groups in total. The minimum atomic E-state index is -1.08. The number of aliphatic carboxylic acids is 1. The number of hydrogen-bond donors (Lipinski definition) is 1. The second-order valence-electron chi connectivity index (χ2n) is 5.06. The fraction of sp³-hybridized carbons (Fsp3) is 0.111. The predicted octanol–water partition coefficient (Wildman–Crippen LogP) is 2.77. The average Bonchev–Trinajstić information content (AvgIpc) is 2.88. The first kappa shape index (κ1) is 15.6. The highest BCUT2D eigenvalue weighted by molar-refractivity contribution is 6.14. The van der Waals surface area contributed by atoms with Crippen LogP contribution in [0.4, 0.5) is 0 Å². The van der Waals surface area contributed by atoms with E-state index in [2.05, 4.69) is 0 Å². The van der Waals surface area contributed by atoms with Crippen LogP contribution in [0, 0.1) is 0 Å². The maximum absolute atomic E-state index is 12.4. The van der Waals surface area contributed by atoms with Gasteiger partial charge in [-0.2, -0.15) is 0 Å². The predicted molar refractivity (Wildman–Crippen MR) is 85.5 cm³/mol. The zero-order valence-electron chi connectivity index (χ0n) is 12.8. The van der Waals surface area contributed by atoms with Crippen LogP contribution in [0.5, 0.6) is 17.2 Å². The molecule has 1 aliphatic heterocycles. The largest absolute Gasteiger partial charge is 0.497 e. The minimum Gasteiger partial charge on any atom is -0.497 e. The van der Waals surface area contributed by atoms with Gasteiger partial charge in [0.05, 0.1) is 12.7 Å². The molecule has 1 heterocycles. The Bertz CT molecular complexity index is 837. The minimum absolute atomic E-state index is 0.189. The number of allylic oxidation sites excluding steroid dienone is 1. The molecule has 0 radical (unpaired) electrons. The van der Waals surface area contributed by atoms with Crippen molar-refractivity contribution in [1.82, 2.24) is 0 Å². The van der Waals surface area contributed by atoms with Crippen molar-refractivity contribution in [3.63, 3.8) is 0 Å². The number of rotatable bonds is 5. The van der Waals surface area contributed by atoms with E-state index in [1.165, 1.54) is 12.1 Å². The van der Waals surface area contributed by atoms with Gasteiger partial charge in [0, 0.05) is 6.07 Å². The highest BCUT2D eigenvalue weighted by atomic mass is 16.5. The molecule has 0 amide bonds. The zero-order chi connectivity index (χ0) is 17.1. The standard InChI is InChI=1S/C18H14O6/c1-22-12-4-2-3-11(7-12)8-16-18(21)14-6-5-13(9-15(14)24-16)23-10-17(19)20/h2-9H,10H2,1H3,(H,19,20). The van der Waals surface area contributed by atoms with Crippen molar-refractivity contribution in [1.29, 1.82) is 0 Å². The number of fused-ring (bicyclic) bond motifs is 1. The molecule has 0 aliphatic carbocycles. The summed E-state index contributed by atoms with van der Waals surface area (Å²) in [5.41, 5.74) is 1.18. The van der Waals surface area contributed by atoms with Crippen molar-refractivity contribution in [3.8, 4) is 17.2 Å². The fourth-order valence-corrected chi connectivity index (χ4v) is 2.28. The fourth-order valence-electron chi connectivity index (χ4n) is 2.28. The summed E-state index contributed by atoms with van der Waals surface area (Å²) in [7, 11) is 1.57. The van der Waals surface area contributed by atoms with Crippen LogP contribution in [0.15, 0.2) is 48.2 Å². The van der Waals surface area contributed by atoms with E-state index < -0.39 is 12.6 Å². The van der Waals surface area contributed by atoms with E-state index in [0.29, 0.717) is 22.8 Å². The van der Waals surface area contributed by atoms with E-state index in [-0.39, 0.29) is 11.5 Å². The van der Waals surface area contributed by atoms with Crippen LogP contribution in [0.25, 0.3) is 6.08 Å². The highest BCUT2D eigenvalue weighted by Gasteiger charge is 2.27. The summed E-state index contributed by atoms with van der Waals surface area (Å²) in [5, 5.41) is 8.63. The Morgan fingerprint density at radius 1 is 1.21 bits per heavy atom. The number of benzene rings is 2. The van der Waals surface area contributed by atoms with Crippen LogP contribution < -0.4 is 14.2 Å². The molecule has 0 saturated heterocycles. The van der Waals surface area contributed by atoms with Crippen molar-refractivity contribution in [2.75, 3.05) is 13.7 Å². The van der Waals surface area contributed by atoms with Gasteiger partial charge in [0.2, 0.25) is 5.78 Å². The Kier molecular flexibility index (Phi) is 4.20. The highest BCUT2D eigenvalue weighted by Crippen LogP contribution is 2.35. The lowest BCUT2D eigenvalue weighted by molar-refractivity contribution is -0.139. The number of methoxy groups -OCH3 is 1. The number of carbonyl (C=O) groups excluding carboxylic acids is 1. The number of carboxylic acids is 1. The van der Waals surface area contributed by atoms with E-state index >= 15 is 0 Å². The summed E-state index contributed by atoms with van der Waals surface area (Å²) in [6, 6.07) is 11.8. The summed E-state index contributed by atoms with van der Waals surface area (Å²) in [5.74, 6) is 0.220. The van der Waals surface area contributed by atoms with Gasteiger partial charge >= 0.3 is 5.97 Å².